The van der Waals surface area contributed by atoms with E-state index in [0.717, 1.165) is 50.7 Å². The summed E-state index contributed by atoms with van der Waals surface area (Å²) in [7, 11) is 0. The van der Waals surface area contributed by atoms with E-state index in [1.165, 1.54) is 58.5 Å². The smallest absolute Gasteiger partial charge is 0.0705 e. The second kappa shape index (κ2) is 10.4. The molecule has 0 radical (unpaired) electrons. The SMILES string of the molecule is CC(C)CN1CCC(N2CCOC(CC(C)CN3CCNCC3)C2)CC1. The molecule has 1 N–H and O–H groups in total. The van der Waals surface area contributed by atoms with E-state index in [1.807, 2.05) is 0 Å². The van der Waals surface area contributed by atoms with Crippen molar-refractivity contribution in [2.24, 2.45) is 11.8 Å². The number of ether oxygens (including phenoxy) is 1. The van der Waals surface area contributed by atoms with E-state index in [-0.39, 0.29) is 0 Å². The maximum atomic E-state index is 6.15. The Balaban J connectivity index is 1.38. The predicted octanol–water partition coefficient (Wildman–Crippen LogP) is 1.74. The summed E-state index contributed by atoms with van der Waals surface area (Å²) in [6.07, 6.45) is 4.34. The Morgan fingerprint density at radius 2 is 1.62 bits per heavy atom. The maximum absolute atomic E-state index is 6.15. The fourth-order valence-electron chi connectivity index (χ4n) is 5.06. The van der Waals surface area contributed by atoms with Crippen molar-refractivity contribution in [3.05, 3.63) is 0 Å². The molecule has 2 unspecified atom stereocenters. The zero-order chi connectivity index (χ0) is 18.4. The number of rotatable bonds is 7. The molecular formula is C21H42N4O. The van der Waals surface area contributed by atoms with Crippen molar-refractivity contribution in [3.8, 4) is 0 Å². The molecule has 5 nitrogen and oxygen atoms in total. The highest BCUT2D eigenvalue weighted by atomic mass is 16.5. The van der Waals surface area contributed by atoms with Crippen LogP contribution in [0.25, 0.3) is 0 Å². The van der Waals surface area contributed by atoms with E-state index in [2.05, 4.69) is 40.8 Å². The van der Waals surface area contributed by atoms with Gasteiger partial charge in [-0.1, -0.05) is 20.8 Å². The molecule has 3 saturated heterocycles. The van der Waals surface area contributed by atoms with Crippen molar-refractivity contribution in [2.75, 3.05) is 72.1 Å². The molecule has 0 aromatic carbocycles. The number of piperidine rings is 1. The quantitative estimate of drug-likeness (QED) is 0.742. The number of hydrogen-bond acceptors (Lipinski definition) is 5. The zero-order valence-corrected chi connectivity index (χ0v) is 17.5. The van der Waals surface area contributed by atoms with Gasteiger partial charge >= 0.3 is 0 Å². The lowest BCUT2D eigenvalue weighted by molar-refractivity contribution is -0.0612. The van der Waals surface area contributed by atoms with Gasteiger partial charge in [-0.15, -0.1) is 0 Å². The maximum Gasteiger partial charge on any atom is 0.0705 e. The molecule has 0 aromatic rings. The molecule has 3 rings (SSSR count). The number of nitrogens with one attached hydrogen (secondary N) is 1. The molecule has 0 aromatic heterocycles. The molecule has 3 aliphatic heterocycles. The Hall–Kier alpha value is -0.200. The van der Waals surface area contributed by atoms with Crippen molar-refractivity contribution in [1.29, 1.82) is 0 Å². The first-order valence-corrected chi connectivity index (χ1v) is 11.1. The van der Waals surface area contributed by atoms with Crippen LogP contribution >= 0.6 is 0 Å². The van der Waals surface area contributed by atoms with E-state index in [0.29, 0.717) is 6.10 Å². The van der Waals surface area contributed by atoms with Crippen LogP contribution in [0.2, 0.25) is 0 Å². The Labute approximate surface area is 161 Å². The van der Waals surface area contributed by atoms with Crippen LogP contribution in [0.15, 0.2) is 0 Å². The minimum atomic E-state index is 0.440. The van der Waals surface area contributed by atoms with Gasteiger partial charge in [-0.2, -0.15) is 0 Å². The predicted molar refractivity (Wildman–Crippen MR) is 109 cm³/mol. The molecule has 0 bridgehead atoms. The third-order valence-electron chi connectivity index (χ3n) is 6.31. The van der Waals surface area contributed by atoms with Crippen molar-refractivity contribution in [3.63, 3.8) is 0 Å². The van der Waals surface area contributed by atoms with Crippen molar-refractivity contribution < 1.29 is 4.74 Å². The summed E-state index contributed by atoms with van der Waals surface area (Å²) in [6, 6.07) is 0.785. The normalized spacial score (nSPS) is 29.3. The van der Waals surface area contributed by atoms with Crippen LogP contribution in [0, 0.1) is 11.8 Å². The van der Waals surface area contributed by atoms with Crippen molar-refractivity contribution in [1.82, 2.24) is 20.0 Å². The monoisotopic (exact) mass is 366 g/mol. The largest absolute Gasteiger partial charge is 0.376 e. The van der Waals surface area contributed by atoms with Crippen LogP contribution in [0.1, 0.15) is 40.0 Å². The number of piperazine rings is 1. The average molecular weight is 367 g/mol. The molecule has 26 heavy (non-hydrogen) atoms. The molecule has 3 heterocycles. The Morgan fingerprint density at radius 1 is 0.923 bits per heavy atom. The van der Waals surface area contributed by atoms with Crippen molar-refractivity contribution >= 4 is 0 Å². The number of likely N-dealkylation sites (tertiary alicyclic amines) is 1. The van der Waals surface area contributed by atoms with Crippen LogP contribution in [0.5, 0.6) is 0 Å². The van der Waals surface area contributed by atoms with Crippen LogP contribution in [-0.2, 0) is 4.74 Å². The first kappa shape index (κ1) is 20.5. The van der Waals surface area contributed by atoms with Gasteiger partial charge < -0.3 is 19.9 Å². The minimum Gasteiger partial charge on any atom is -0.376 e. The molecule has 3 aliphatic rings. The van der Waals surface area contributed by atoms with Gasteiger partial charge in [-0.3, -0.25) is 4.90 Å². The highest BCUT2D eigenvalue weighted by Gasteiger charge is 2.30. The second-order valence-electron chi connectivity index (χ2n) is 9.30. The fourth-order valence-corrected chi connectivity index (χ4v) is 5.06. The summed E-state index contributed by atoms with van der Waals surface area (Å²) in [4.78, 5) is 8.03. The number of hydrogen-bond donors (Lipinski definition) is 1. The second-order valence-corrected chi connectivity index (χ2v) is 9.30. The van der Waals surface area contributed by atoms with E-state index in [1.54, 1.807) is 0 Å². The summed E-state index contributed by atoms with van der Waals surface area (Å²) < 4.78 is 6.15. The summed E-state index contributed by atoms with van der Waals surface area (Å²) in [5.41, 5.74) is 0. The summed E-state index contributed by atoms with van der Waals surface area (Å²) in [5, 5.41) is 3.45. The van der Waals surface area contributed by atoms with E-state index < -0.39 is 0 Å². The minimum absolute atomic E-state index is 0.440. The lowest BCUT2D eigenvalue weighted by atomic mass is 9.98. The zero-order valence-electron chi connectivity index (χ0n) is 17.5. The Morgan fingerprint density at radius 3 is 2.31 bits per heavy atom. The third kappa shape index (κ3) is 6.45. The van der Waals surface area contributed by atoms with Gasteiger partial charge in [0.25, 0.3) is 0 Å². The topological polar surface area (TPSA) is 31.0 Å². The molecule has 0 saturated carbocycles. The van der Waals surface area contributed by atoms with Gasteiger partial charge in [0, 0.05) is 58.4 Å². The average Bonchev–Trinajstić information content (AvgIpc) is 2.63. The molecule has 0 amide bonds. The highest BCUT2D eigenvalue weighted by molar-refractivity contribution is 4.84. The summed E-state index contributed by atoms with van der Waals surface area (Å²) >= 11 is 0. The lowest BCUT2D eigenvalue weighted by Gasteiger charge is -2.43. The molecule has 2 atom stereocenters. The van der Waals surface area contributed by atoms with Gasteiger partial charge in [0.15, 0.2) is 0 Å². The van der Waals surface area contributed by atoms with Crippen LogP contribution in [0.4, 0.5) is 0 Å². The fraction of sp³-hybridized carbons (Fsp3) is 1.00. The first-order valence-electron chi connectivity index (χ1n) is 11.1. The van der Waals surface area contributed by atoms with Gasteiger partial charge in [-0.25, -0.2) is 0 Å². The Kier molecular flexibility index (Phi) is 8.19. The summed E-state index contributed by atoms with van der Waals surface area (Å²) in [6.45, 7) is 20.1. The molecule has 3 fully saturated rings. The summed E-state index contributed by atoms with van der Waals surface area (Å²) in [5.74, 6) is 1.52. The van der Waals surface area contributed by atoms with Crippen LogP contribution in [-0.4, -0.2) is 98.9 Å². The molecule has 152 valence electrons. The number of morpholine rings is 1. The van der Waals surface area contributed by atoms with Gasteiger partial charge in [-0.05, 0) is 44.2 Å². The van der Waals surface area contributed by atoms with E-state index >= 15 is 0 Å². The Bertz CT molecular complexity index is 391. The molecule has 0 spiro atoms. The van der Waals surface area contributed by atoms with E-state index in [4.69, 9.17) is 4.74 Å². The third-order valence-corrected chi connectivity index (χ3v) is 6.31. The van der Waals surface area contributed by atoms with Crippen LogP contribution in [0.3, 0.4) is 0 Å². The van der Waals surface area contributed by atoms with Gasteiger partial charge in [0.1, 0.15) is 0 Å². The lowest BCUT2D eigenvalue weighted by Crippen LogP contribution is -2.52. The van der Waals surface area contributed by atoms with Gasteiger partial charge in [0.05, 0.1) is 12.7 Å². The van der Waals surface area contributed by atoms with Gasteiger partial charge in [0.2, 0.25) is 0 Å². The standard InChI is InChI=1S/C21H42N4O/c1-18(2)15-23-8-4-20(5-9-23)25-12-13-26-21(17-25)14-19(3)16-24-10-6-22-7-11-24/h18-22H,4-17H2,1-3H3. The number of nitrogens with zero attached hydrogens (tertiary/aromatic N) is 3. The van der Waals surface area contributed by atoms with Crippen molar-refractivity contribution in [2.45, 2.75) is 52.2 Å². The molecule has 5 heteroatoms. The highest BCUT2D eigenvalue weighted by Crippen LogP contribution is 2.22. The molecule has 0 aliphatic carbocycles. The van der Waals surface area contributed by atoms with Crippen LogP contribution < -0.4 is 5.32 Å². The van der Waals surface area contributed by atoms with E-state index in [9.17, 15) is 0 Å². The molecular weight excluding hydrogens is 324 g/mol. The first-order chi connectivity index (χ1) is 12.6.